The molecule has 0 saturated carbocycles. The van der Waals surface area contributed by atoms with E-state index >= 15 is 0 Å². The second-order valence-electron chi connectivity index (χ2n) is 6.04. The van der Waals surface area contributed by atoms with Crippen LogP contribution in [0.1, 0.15) is 0 Å². The van der Waals surface area contributed by atoms with E-state index in [9.17, 15) is 0 Å². The highest BCUT2D eigenvalue weighted by Crippen LogP contribution is 2.34. The lowest BCUT2D eigenvalue weighted by Gasteiger charge is -2.11. The molecule has 4 rings (SSSR count). The molecule has 0 unspecified atom stereocenters. The minimum atomic E-state index is 0.627. The molecule has 0 fully saturated rings. The van der Waals surface area contributed by atoms with Crippen molar-refractivity contribution in [1.29, 1.82) is 0 Å². The van der Waals surface area contributed by atoms with Gasteiger partial charge in [-0.25, -0.2) is 4.98 Å². The van der Waals surface area contributed by atoms with Crippen molar-refractivity contribution in [3.63, 3.8) is 0 Å². The molecule has 27 heavy (non-hydrogen) atoms. The van der Waals surface area contributed by atoms with Gasteiger partial charge in [0.25, 0.3) is 0 Å². The molecule has 0 N–H and O–H groups in total. The molecule has 4 aromatic rings. The molecule has 0 saturated heterocycles. The Hall–Kier alpha value is -3.53. The molecule has 0 atom stereocenters. The third-order valence-corrected chi connectivity index (χ3v) is 4.32. The van der Waals surface area contributed by atoms with Crippen LogP contribution in [0.5, 0.6) is 23.0 Å². The normalized spacial score (nSPS) is 10.6. The molecular formula is C23H19NO3. The summed E-state index contributed by atoms with van der Waals surface area (Å²) in [5, 5.41) is 1.12. The fourth-order valence-electron chi connectivity index (χ4n) is 2.96. The molecule has 4 heteroatoms. The maximum atomic E-state index is 6.01. The summed E-state index contributed by atoms with van der Waals surface area (Å²) >= 11 is 0. The molecule has 0 radical (unpaired) electrons. The maximum absolute atomic E-state index is 6.01. The Morgan fingerprint density at radius 3 is 2.33 bits per heavy atom. The molecule has 4 nitrogen and oxygen atoms in total. The van der Waals surface area contributed by atoms with E-state index < -0.39 is 0 Å². The summed E-state index contributed by atoms with van der Waals surface area (Å²) in [6, 6.07) is 25.6. The molecule has 1 aromatic heterocycles. The van der Waals surface area contributed by atoms with Gasteiger partial charge in [-0.1, -0.05) is 36.4 Å². The van der Waals surface area contributed by atoms with Gasteiger partial charge in [0.1, 0.15) is 11.5 Å². The standard InChI is InChI=1S/C23H19NO3/c1-25-22-13-11-19(15-23(22)26-2)27-18-8-5-7-17(14-18)21-12-10-16-6-3-4-9-20(16)24-21/h3-15H,1-2H3. The number of ether oxygens (including phenoxy) is 3. The summed E-state index contributed by atoms with van der Waals surface area (Å²) in [5.41, 5.74) is 2.88. The Bertz CT molecular complexity index is 1090. The predicted molar refractivity (Wildman–Crippen MR) is 107 cm³/mol. The Kier molecular flexibility index (Phi) is 4.62. The zero-order valence-electron chi connectivity index (χ0n) is 15.2. The summed E-state index contributed by atoms with van der Waals surface area (Å²) in [6.07, 6.45) is 0. The van der Waals surface area contributed by atoms with Crippen LogP contribution in [-0.2, 0) is 0 Å². The highest BCUT2D eigenvalue weighted by Gasteiger charge is 2.08. The van der Waals surface area contributed by atoms with Gasteiger partial charge in [-0.3, -0.25) is 0 Å². The molecule has 0 bridgehead atoms. The van der Waals surface area contributed by atoms with Crippen LogP contribution >= 0.6 is 0 Å². The number of aromatic nitrogens is 1. The minimum Gasteiger partial charge on any atom is -0.493 e. The SMILES string of the molecule is COc1ccc(Oc2cccc(-c3ccc4ccccc4n3)c2)cc1OC. The van der Waals surface area contributed by atoms with Gasteiger partial charge in [-0.2, -0.15) is 0 Å². The van der Waals surface area contributed by atoms with E-state index in [4.69, 9.17) is 19.2 Å². The summed E-state index contributed by atoms with van der Waals surface area (Å²) < 4.78 is 16.6. The number of rotatable bonds is 5. The molecule has 0 aliphatic rings. The average molecular weight is 357 g/mol. The van der Waals surface area contributed by atoms with Crippen LogP contribution in [0.25, 0.3) is 22.2 Å². The monoisotopic (exact) mass is 357 g/mol. The molecule has 0 aliphatic carbocycles. The number of hydrogen-bond donors (Lipinski definition) is 0. The van der Waals surface area contributed by atoms with E-state index in [0.717, 1.165) is 27.9 Å². The molecule has 0 amide bonds. The van der Waals surface area contributed by atoms with Crippen molar-refractivity contribution in [3.05, 3.63) is 78.9 Å². The van der Waals surface area contributed by atoms with Crippen LogP contribution in [-0.4, -0.2) is 19.2 Å². The van der Waals surface area contributed by atoms with Gasteiger partial charge in [0.15, 0.2) is 11.5 Å². The predicted octanol–water partition coefficient (Wildman–Crippen LogP) is 5.71. The molecule has 0 spiro atoms. The van der Waals surface area contributed by atoms with Crippen LogP contribution in [0.3, 0.4) is 0 Å². The first-order chi connectivity index (χ1) is 13.3. The van der Waals surface area contributed by atoms with Gasteiger partial charge < -0.3 is 14.2 Å². The average Bonchev–Trinajstić information content (AvgIpc) is 2.73. The first-order valence-electron chi connectivity index (χ1n) is 8.63. The van der Waals surface area contributed by atoms with Crippen molar-refractivity contribution >= 4 is 10.9 Å². The second kappa shape index (κ2) is 7.38. The fraction of sp³-hybridized carbons (Fsp3) is 0.0870. The van der Waals surface area contributed by atoms with Gasteiger partial charge >= 0.3 is 0 Å². The van der Waals surface area contributed by atoms with E-state index in [-0.39, 0.29) is 0 Å². The lowest BCUT2D eigenvalue weighted by atomic mass is 10.1. The number of para-hydroxylation sites is 1. The molecule has 3 aromatic carbocycles. The van der Waals surface area contributed by atoms with Crippen molar-refractivity contribution in [2.75, 3.05) is 14.2 Å². The maximum Gasteiger partial charge on any atom is 0.164 e. The van der Waals surface area contributed by atoms with E-state index in [0.29, 0.717) is 17.2 Å². The van der Waals surface area contributed by atoms with E-state index in [1.165, 1.54) is 0 Å². The Balaban J connectivity index is 1.64. The third-order valence-electron chi connectivity index (χ3n) is 4.32. The quantitative estimate of drug-likeness (QED) is 0.459. The Morgan fingerprint density at radius 2 is 1.48 bits per heavy atom. The lowest BCUT2D eigenvalue weighted by molar-refractivity contribution is 0.352. The van der Waals surface area contributed by atoms with Gasteiger partial charge in [0.2, 0.25) is 0 Å². The van der Waals surface area contributed by atoms with Crippen LogP contribution < -0.4 is 14.2 Å². The third kappa shape index (κ3) is 3.55. The fourth-order valence-corrected chi connectivity index (χ4v) is 2.96. The number of nitrogens with zero attached hydrogens (tertiary/aromatic N) is 1. The molecule has 134 valence electrons. The summed E-state index contributed by atoms with van der Waals surface area (Å²) in [4.78, 5) is 4.75. The van der Waals surface area contributed by atoms with E-state index in [1.54, 1.807) is 20.3 Å². The summed E-state index contributed by atoms with van der Waals surface area (Å²) in [5.74, 6) is 2.70. The number of hydrogen-bond acceptors (Lipinski definition) is 4. The van der Waals surface area contributed by atoms with Gasteiger partial charge in [0, 0.05) is 17.0 Å². The number of pyridine rings is 1. The van der Waals surface area contributed by atoms with Crippen molar-refractivity contribution in [2.45, 2.75) is 0 Å². The van der Waals surface area contributed by atoms with E-state index in [1.807, 2.05) is 60.7 Å². The highest BCUT2D eigenvalue weighted by molar-refractivity contribution is 5.81. The van der Waals surface area contributed by atoms with Crippen LogP contribution in [0.2, 0.25) is 0 Å². The van der Waals surface area contributed by atoms with Crippen molar-refractivity contribution in [2.24, 2.45) is 0 Å². The summed E-state index contributed by atoms with van der Waals surface area (Å²) in [6.45, 7) is 0. The Morgan fingerprint density at radius 1 is 0.667 bits per heavy atom. The number of methoxy groups -OCH3 is 2. The largest absolute Gasteiger partial charge is 0.493 e. The molecule has 1 heterocycles. The number of fused-ring (bicyclic) bond motifs is 1. The topological polar surface area (TPSA) is 40.6 Å². The number of benzene rings is 3. The first kappa shape index (κ1) is 16.9. The van der Waals surface area contributed by atoms with Gasteiger partial charge in [0.05, 0.1) is 25.4 Å². The zero-order chi connectivity index (χ0) is 18.6. The van der Waals surface area contributed by atoms with Crippen molar-refractivity contribution in [3.8, 4) is 34.3 Å². The van der Waals surface area contributed by atoms with Crippen LogP contribution in [0, 0.1) is 0 Å². The first-order valence-corrected chi connectivity index (χ1v) is 8.63. The van der Waals surface area contributed by atoms with E-state index in [2.05, 4.69) is 12.1 Å². The zero-order valence-corrected chi connectivity index (χ0v) is 15.2. The highest BCUT2D eigenvalue weighted by atomic mass is 16.5. The minimum absolute atomic E-state index is 0.627. The summed E-state index contributed by atoms with van der Waals surface area (Å²) in [7, 11) is 3.21. The van der Waals surface area contributed by atoms with Gasteiger partial charge in [-0.15, -0.1) is 0 Å². The van der Waals surface area contributed by atoms with Crippen molar-refractivity contribution < 1.29 is 14.2 Å². The van der Waals surface area contributed by atoms with Crippen LogP contribution in [0.15, 0.2) is 78.9 Å². The van der Waals surface area contributed by atoms with Crippen LogP contribution in [0.4, 0.5) is 0 Å². The molecular weight excluding hydrogens is 338 g/mol. The lowest BCUT2D eigenvalue weighted by Crippen LogP contribution is -1.92. The molecule has 0 aliphatic heterocycles. The second-order valence-corrected chi connectivity index (χ2v) is 6.04. The Labute approximate surface area is 158 Å². The van der Waals surface area contributed by atoms with Gasteiger partial charge in [-0.05, 0) is 36.4 Å². The smallest absolute Gasteiger partial charge is 0.164 e. The van der Waals surface area contributed by atoms with Crippen molar-refractivity contribution in [1.82, 2.24) is 4.98 Å².